The molecule has 0 bridgehead atoms. The van der Waals surface area contributed by atoms with Gasteiger partial charge in [-0.3, -0.25) is 15.0 Å². The second-order valence-electron chi connectivity index (χ2n) is 9.16. The van der Waals surface area contributed by atoms with Crippen molar-refractivity contribution in [3.05, 3.63) is 40.9 Å². The highest BCUT2D eigenvalue weighted by Crippen LogP contribution is 2.24. The van der Waals surface area contributed by atoms with E-state index in [0.717, 1.165) is 31.2 Å². The van der Waals surface area contributed by atoms with Crippen LogP contribution in [0.25, 0.3) is 0 Å². The van der Waals surface area contributed by atoms with Crippen molar-refractivity contribution in [2.45, 2.75) is 57.3 Å². The van der Waals surface area contributed by atoms with E-state index in [1.165, 1.54) is 40.6 Å². The van der Waals surface area contributed by atoms with E-state index in [4.69, 9.17) is 4.74 Å². The molecular weight excluding hydrogens is 460 g/mol. The molecule has 2 aliphatic heterocycles. The van der Waals surface area contributed by atoms with Gasteiger partial charge in [0.2, 0.25) is 10.0 Å². The number of ether oxygens (including phenoxy) is 1. The standard InChI is InChI=1S/C23H32N4O4S2/c1-16-7-9-26(10-8-16)14-20-15-32-23(24-20)25-22(28)19-5-4-6-21(11-19)33(29,30)27-12-17(2)31-18(3)13-27/h4-6,11,15-18H,7-10,12-14H2,1-3H3,(H,24,25,28). The van der Waals surface area contributed by atoms with Gasteiger partial charge in [0.15, 0.2) is 5.13 Å². The number of anilines is 1. The Morgan fingerprint density at radius 1 is 1.18 bits per heavy atom. The lowest BCUT2D eigenvalue weighted by Crippen LogP contribution is -2.48. The molecule has 1 amide bonds. The molecule has 2 atom stereocenters. The summed E-state index contributed by atoms with van der Waals surface area (Å²) in [7, 11) is -3.72. The molecule has 8 nitrogen and oxygen atoms in total. The number of amides is 1. The molecule has 10 heteroatoms. The Labute approximate surface area is 200 Å². The van der Waals surface area contributed by atoms with Crippen molar-refractivity contribution in [1.82, 2.24) is 14.2 Å². The molecule has 33 heavy (non-hydrogen) atoms. The van der Waals surface area contributed by atoms with E-state index in [1.54, 1.807) is 12.1 Å². The molecule has 2 aromatic rings. The number of carbonyl (C=O) groups excluding carboxylic acids is 1. The maximum Gasteiger partial charge on any atom is 0.257 e. The maximum atomic E-state index is 13.1. The lowest BCUT2D eigenvalue weighted by molar-refractivity contribution is -0.0440. The van der Waals surface area contributed by atoms with Crippen LogP contribution in [0, 0.1) is 5.92 Å². The number of benzene rings is 1. The fourth-order valence-electron chi connectivity index (χ4n) is 4.33. The summed E-state index contributed by atoms with van der Waals surface area (Å²) in [4.78, 5) is 19.9. The number of likely N-dealkylation sites (tertiary alicyclic amines) is 1. The van der Waals surface area contributed by atoms with E-state index >= 15 is 0 Å². The fourth-order valence-corrected chi connectivity index (χ4v) is 6.66. The van der Waals surface area contributed by atoms with Crippen LogP contribution in [0.15, 0.2) is 34.5 Å². The first-order chi connectivity index (χ1) is 15.7. The highest BCUT2D eigenvalue weighted by Gasteiger charge is 2.32. The molecule has 1 aromatic heterocycles. The van der Waals surface area contributed by atoms with Crippen LogP contribution in [0.1, 0.15) is 49.7 Å². The van der Waals surface area contributed by atoms with Crippen molar-refractivity contribution in [2.24, 2.45) is 5.92 Å². The quantitative estimate of drug-likeness (QED) is 0.664. The Morgan fingerprint density at radius 2 is 1.88 bits per heavy atom. The van der Waals surface area contributed by atoms with Gasteiger partial charge in [0.1, 0.15) is 0 Å². The smallest absolute Gasteiger partial charge is 0.257 e. The second-order valence-corrected chi connectivity index (χ2v) is 12.0. The van der Waals surface area contributed by atoms with Gasteiger partial charge in [0.05, 0.1) is 22.8 Å². The average molecular weight is 493 g/mol. The number of nitrogens with zero attached hydrogens (tertiary/aromatic N) is 3. The monoisotopic (exact) mass is 492 g/mol. The van der Waals surface area contributed by atoms with Crippen LogP contribution in [0.2, 0.25) is 0 Å². The first kappa shape index (κ1) is 24.3. The zero-order valence-corrected chi connectivity index (χ0v) is 21.0. The van der Waals surface area contributed by atoms with Crippen LogP contribution in [0.4, 0.5) is 5.13 Å². The summed E-state index contributed by atoms with van der Waals surface area (Å²) < 4.78 is 33.4. The lowest BCUT2D eigenvalue weighted by atomic mass is 9.99. The summed E-state index contributed by atoms with van der Waals surface area (Å²) >= 11 is 1.38. The van der Waals surface area contributed by atoms with Crippen molar-refractivity contribution >= 4 is 32.4 Å². The average Bonchev–Trinajstić information content (AvgIpc) is 3.21. The Bertz CT molecular complexity index is 1070. The molecule has 0 aliphatic carbocycles. The van der Waals surface area contributed by atoms with Gasteiger partial charge in [-0.15, -0.1) is 11.3 Å². The molecular formula is C23H32N4O4S2. The largest absolute Gasteiger partial charge is 0.373 e. The van der Waals surface area contributed by atoms with E-state index in [2.05, 4.69) is 22.1 Å². The number of carbonyl (C=O) groups is 1. The molecule has 2 unspecified atom stereocenters. The van der Waals surface area contributed by atoms with Gasteiger partial charge in [-0.05, 0) is 63.9 Å². The SMILES string of the molecule is CC1CCN(Cc2csc(NC(=O)c3cccc(S(=O)(=O)N4CC(C)OC(C)C4)c3)n2)CC1. The summed E-state index contributed by atoms with van der Waals surface area (Å²) in [6.45, 7) is 9.51. The van der Waals surface area contributed by atoms with Crippen molar-refractivity contribution in [3.8, 4) is 0 Å². The molecule has 3 heterocycles. The summed E-state index contributed by atoms with van der Waals surface area (Å²) in [6, 6.07) is 6.17. The van der Waals surface area contributed by atoms with E-state index in [0.29, 0.717) is 18.2 Å². The third-order valence-electron chi connectivity index (χ3n) is 6.15. The number of sulfonamides is 1. The molecule has 2 aliphatic rings. The number of morpholine rings is 1. The highest BCUT2D eigenvalue weighted by molar-refractivity contribution is 7.89. The molecule has 0 saturated carbocycles. The minimum Gasteiger partial charge on any atom is -0.373 e. The van der Waals surface area contributed by atoms with Crippen LogP contribution in [0.3, 0.4) is 0 Å². The van der Waals surface area contributed by atoms with Crippen LogP contribution >= 0.6 is 11.3 Å². The van der Waals surface area contributed by atoms with Crippen molar-refractivity contribution in [2.75, 3.05) is 31.5 Å². The summed E-state index contributed by atoms with van der Waals surface area (Å²) in [6.07, 6.45) is 2.05. The van der Waals surface area contributed by atoms with Crippen molar-refractivity contribution < 1.29 is 17.9 Å². The van der Waals surface area contributed by atoms with E-state index in [9.17, 15) is 13.2 Å². The number of rotatable bonds is 6. The van der Waals surface area contributed by atoms with E-state index in [1.807, 2.05) is 19.2 Å². The molecule has 0 radical (unpaired) electrons. The van der Waals surface area contributed by atoms with Crippen molar-refractivity contribution in [3.63, 3.8) is 0 Å². The van der Waals surface area contributed by atoms with Crippen LogP contribution in [-0.2, 0) is 21.3 Å². The van der Waals surface area contributed by atoms with Gasteiger partial charge in [0.25, 0.3) is 5.91 Å². The fraction of sp³-hybridized carbons (Fsp3) is 0.565. The Kier molecular flexibility index (Phi) is 7.49. The third kappa shape index (κ3) is 5.99. The number of nitrogens with one attached hydrogen (secondary N) is 1. The molecule has 1 N–H and O–H groups in total. The number of thiazole rings is 1. The Balaban J connectivity index is 1.41. The molecule has 180 valence electrons. The number of aromatic nitrogens is 1. The molecule has 2 saturated heterocycles. The molecule has 2 fully saturated rings. The summed E-state index contributed by atoms with van der Waals surface area (Å²) in [5, 5.41) is 5.30. The maximum absolute atomic E-state index is 13.1. The van der Waals surface area contributed by atoms with Gasteiger partial charge in [-0.1, -0.05) is 13.0 Å². The van der Waals surface area contributed by atoms with Crippen molar-refractivity contribution in [1.29, 1.82) is 0 Å². The number of piperidine rings is 1. The minimum absolute atomic E-state index is 0.107. The van der Waals surface area contributed by atoms with Crippen LogP contribution < -0.4 is 5.32 Å². The summed E-state index contributed by atoms with van der Waals surface area (Å²) in [5.74, 6) is 0.407. The van der Waals surface area contributed by atoms with E-state index < -0.39 is 10.0 Å². The van der Waals surface area contributed by atoms with Gasteiger partial charge in [-0.25, -0.2) is 13.4 Å². The predicted molar refractivity (Wildman–Crippen MR) is 129 cm³/mol. The zero-order chi connectivity index (χ0) is 23.6. The Hall–Kier alpha value is -1.85. The predicted octanol–water partition coefficient (Wildman–Crippen LogP) is 3.43. The molecule has 0 spiro atoms. The Morgan fingerprint density at radius 3 is 2.58 bits per heavy atom. The first-order valence-electron chi connectivity index (χ1n) is 11.4. The molecule has 1 aromatic carbocycles. The minimum atomic E-state index is -3.72. The van der Waals surface area contributed by atoms with Gasteiger partial charge < -0.3 is 4.74 Å². The lowest BCUT2D eigenvalue weighted by Gasteiger charge is -2.34. The summed E-state index contributed by atoms with van der Waals surface area (Å²) in [5.41, 5.74) is 1.23. The third-order valence-corrected chi connectivity index (χ3v) is 8.79. The van der Waals surface area contributed by atoms with Crippen LogP contribution in [0.5, 0.6) is 0 Å². The topological polar surface area (TPSA) is 91.8 Å². The first-order valence-corrected chi connectivity index (χ1v) is 13.8. The van der Waals surface area contributed by atoms with E-state index in [-0.39, 0.29) is 28.6 Å². The van der Waals surface area contributed by atoms with Gasteiger partial charge >= 0.3 is 0 Å². The van der Waals surface area contributed by atoms with Crippen LogP contribution in [-0.4, -0.2) is 66.9 Å². The number of hydrogen-bond acceptors (Lipinski definition) is 7. The van der Waals surface area contributed by atoms with Gasteiger partial charge in [0, 0.05) is 30.6 Å². The highest BCUT2D eigenvalue weighted by atomic mass is 32.2. The second kappa shape index (κ2) is 10.2. The number of hydrogen-bond donors (Lipinski definition) is 1. The van der Waals surface area contributed by atoms with Gasteiger partial charge in [-0.2, -0.15) is 4.31 Å². The molecule has 4 rings (SSSR count). The zero-order valence-electron chi connectivity index (χ0n) is 19.4. The normalized spacial score (nSPS) is 23.5.